The lowest BCUT2D eigenvalue weighted by Crippen LogP contribution is -2.32. The van der Waals surface area contributed by atoms with E-state index >= 15 is 0 Å². The van der Waals surface area contributed by atoms with Gasteiger partial charge in [0.15, 0.2) is 14.9 Å². The van der Waals surface area contributed by atoms with Crippen LogP contribution in [0.1, 0.15) is 37.4 Å². The van der Waals surface area contributed by atoms with Crippen molar-refractivity contribution in [3.05, 3.63) is 59.7 Å². The smallest absolute Gasteiger partial charge is 0.175 e. The molecule has 0 aliphatic heterocycles. The number of anilines is 1. The number of aryl methyl sites for hydroxylation is 1. The van der Waals surface area contributed by atoms with Crippen molar-refractivity contribution < 1.29 is 8.42 Å². The van der Waals surface area contributed by atoms with Crippen LogP contribution >= 0.6 is 12.2 Å². The summed E-state index contributed by atoms with van der Waals surface area (Å²) in [4.78, 5) is 0.322. The molecule has 134 valence electrons. The van der Waals surface area contributed by atoms with E-state index < -0.39 is 9.84 Å². The van der Waals surface area contributed by atoms with E-state index in [4.69, 9.17) is 12.2 Å². The first-order valence-corrected chi connectivity index (χ1v) is 10.6. The van der Waals surface area contributed by atoms with Crippen LogP contribution in [-0.2, 0) is 16.3 Å². The Morgan fingerprint density at radius 2 is 1.64 bits per heavy atom. The Labute approximate surface area is 155 Å². The van der Waals surface area contributed by atoms with Crippen molar-refractivity contribution >= 4 is 32.9 Å². The third-order valence-electron chi connectivity index (χ3n) is 4.04. The Balaban J connectivity index is 2.03. The molecule has 0 unspecified atom stereocenters. The fraction of sp³-hybridized carbons (Fsp3) is 0.316. The molecule has 0 spiro atoms. The molecule has 0 amide bonds. The molecule has 0 radical (unpaired) electrons. The molecule has 2 aromatic carbocycles. The molecule has 0 saturated heterocycles. The highest BCUT2D eigenvalue weighted by molar-refractivity contribution is 7.90. The summed E-state index contributed by atoms with van der Waals surface area (Å²) in [6.45, 7) is 4.18. The third kappa shape index (κ3) is 5.54. The van der Waals surface area contributed by atoms with Crippen LogP contribution in [-0.4, -0.2) is 19.8 Å². The van der Waals surface area contributed by atoms with Crippen LogP contribution in [0.4, 0.5) is 5.69 Å². The minimum Gasteiger partial charge on any atom is -0.356 e. The number of hydrogen-bond donors (Lipinski definition) is 2. The molecular weight excluding hydrogens is 352 g/mol. The van der Waals surface area contributed by atoms with Gasteiger partial charge >= 0.3 is 0 Å². The Kier molecular flexibility index (Phi) is 6.56. The summed E-state index contributed by atoms with van der Waals surface area (Å²) in [7, 11) is -3.18. The molecule has 6 heteroatoms. The van der Waals surface area contributed by atoms with Gasteiger partial charge in [-0.15, -0.1) is 0 Å². The third-order valence-corrected chi connectivity index (χ3v) is 5.39. The van der Waals surface area contributed by atoms with Crippen molar-refractivity contribution in [3.63, 3.8) is 0 Å². The topological polar surface area (TPSA) is 58.2 Å². The Morgan fingerprint density at radius 1 is 1.04 bits per heavy atom. The molecule has 0 aliphatic rings. The van der Waals surface area contributed by atoms with Crippen LogP contribution in [0, 0.1) is 0 Å². The molecule has 0 aromatic heterocycles. The van der Waals surface area contributed by atoms with Crippen molar-refractivity contribution in [2.24, 2.45) is 0 Å². The molecule has 0 fully saturated rings. The van der Waals surface area contributed by atoms with Gasteiger partial charge in [-0.2, -0.15) is 0 Å². The normalized spacial score (nSPS) is 12.4. The van der Waals surface area contributed by atoms with E-state index in [1.54, 1.807) is 12.1 Å². The molecule has 0 heterocycles. The first-order valence-electron chi connectivity index (χ1n) is 8.30. The largest absolute Gasteiger partial charge is 0.356 e. The average Bonchev–Trinajstić information content (AvgIpc) is 2.59. The van der Waals surface area contributed by atoms with Crippen LogP contribution < -0.4 is 10.6 Å². The predicted octanol–water partition coefficient (Wildman–Crippen LogP) is 4.09. The lowest BCUT2D eigenvalue weighted by atomic mass is 10.1. The van der Waals surface area contributed by atoms with Gasteiger partial charge in [-0.25, -0.2) is 8.42 Å². The highest BCUT2D eigenvalue weighted by Crippen LogP contribution is 2.19. The van der Waals surface area contributed by atoms with E-state index in [1.807, 2.05) is 24.3 Å². The number of hydrogen-bond acceptors (Lipinski definition) is 3. The number of benzene rings is 2. The van der Waals surface area contributed by atoms with Crippen LogP contribution in [0.15, 0.2) is 53.4 Å². The van der Waals surface area contributed by atoms with Crippen molar-refractivity contribution in [2.45, 2.75) is 37.6 Å². The summed E-state index contributed by atoms with van der Waals surface area (Å²) < 4.78 is 23.1. The summed E-state index contributed by atoms with van der Waals surface area (Å²) >= 11 is 5.41. The zero-order valence-electron chi connectivity index (χ0n) is 14.7. The maximum absolute atomic E-state index is 11.6. The zero-order valence-corrected chi connectivity index (χ0v) is 16.4. The predicted molar refractivity (Wildman–Crippen MR) is 108 cm³/mol. The van der Waals surface area contributed by atoms with E-state index in [9.17, 15) is 8.42 Å². The summed E-state index contributed by atoms with van der Waals surface area (Å²) in [5.74, 6) is 0. The van der Waals surface area contributed by atoms with Crippen molar-refractivity contribution in [1.82, 2.24) is 5.32 Å². The SMILES string of the molecule is CCc1ccc(NC(=S)N[C@@H](CC)c2ccc(S(C)(=O)=O)cc2)cc1. The first kappa shape index (κ1) is 19.4. The van der Waals surface area contributed by atoms with Gasteiger partial charge in [0.25, 0.3) is 0 Å². The van der Waals surface area contributed by atoms with Gasteiger partial charge < -0.3 is 10.6 Å². The molecule has 0 aliphatic carbocycles. The molecule has 2 N–H and O–H groups in total. The monoisotopic (exact) mass is 376 g/mol. The van der Waals surface area contributed by atoms with E-state index in [1.165, 1.54) is 11.8 Å². The average molecular weight is 377 g/mol. The van der Waals surface area contributed by atoms with E-state index in [0.717, 1.165) is 24.1 Å². The van der Waals surface area contributed by atoms with Crippen LogP contribution in [0.3, 0.4) is 0 Å². The van der Waals surface area contributed by atoms with Crippen LogP contribution in [0.5, 0.6) is 0 Å². The minimum atomic E-state index is -3.18. The standard InChI is InChI=1S/C19H24N2O2S2/c1-4-14-6-10-16(11-7-14)20-19(24)21-18(5-2)15-8-12-17(13-9-15)25(3,22)23/h6-13,18H,4-5H2,1-3H3,(H2,20,21,24)/t18-/m0/s1. The summed E-state index contributed by atoms with van der Waals surface area (Å²) in [5, 5.41) is 7.02. The maximum Gasteiger partial charge on any atom is 0.175 e. The first-order chi connectivity index (χ1) is 11.8. The van der Waals surface area contributed by atoms with Crippen LogP contribution in [0.25, 0.3) is 0 Å². The Morgan fingerprint density at radius 3 is 2.12 bits per heavy atom. The Hall–Kier alpha value is -1.92. The van der Waals surface area contributed by atoms with Crippen LogP contribution in [0.2, 0.25) is 0 Å². The molecule has 25 heavy (non-hydrogen) atoms. The quantitative estimate of drug-likeness (QED) is 0.744. The van der Waals surface area contributed by atoms with Gasteiger partial charge in [-0.1, -0.05) is 38.1 Å². The van der Waals surface area contributed by atoms with Crippen molar-refractivity contribution in [3.8, 4) is 0 Å². The molecule has 2 aromatic rings. The fourth-order valence-corrected chi connectivity index (χ4v) is 3.41. The lowest BCUT2D eigenvalue weighted by molar-refractivity contribution is 0.601. The second-order valence-electron chi connectivity index (χ2n) is 5.95. The van der Waals surface area contributed by atoms with E-state index in [2.05, 4.69) is 36.6 Å². The molecule has 0 bridgehead atoms. The highest BCUT2D eigenvalue weighted by atomic mass is 32.2. The van der Waals surface area contributed by atoms with Crippen molar-refractivity contribution in [2.75, 3.05) is 11.6 Å². The summed E-state index contributed by atoms with van der Waals surface area (Å²) in [6, 6.07) is 15.1. The van der Waals surface area contributed by atoms with Gasteiger partial charge in [-0.3, -0.25) is 0 Å². The highest BCUT2D eigenvalue weighted by Gasteiger charge is 2.13. The van der Waals surface area contributed by atoms with Gasteiger partial charge in [0, 0.05) is 11.9 Å². The number of sulfone groups is 1. The summed E-state index contributed by atoms with van der Waals surface area (Å²) in [5.41, 5.74) is 3.22. The molecule has 0 saturated carbocycles. The Bertz CT molecular complexity index is 814. The maximum atomic E-state index is 11.6. The van der Waals surface area contributed by atoms with Gasteiger partial charge in [-0.05, 0) is 60.5 Å². The zero-order chi connectivity index (χ0) is 18.4. The fourth-order valence-electron chi connectivity index (χ4n) is 2.52. The minimum absolute atomic E-state index is 0.0172. The van der Waals surface area contributed by atoms with Gasteiger partial charge in [0.2, 0.25) is 0 Å². The van der Waals surface area contributed by atoms with E-state index in [0.29, 0.717) is 10.0 Å². The summed E-state index contributed by atoms with van der Waals surface area (Å²) in [6.07, 6.45) is 3.04. The van der Waals surface area contributed by atoms with E-state index in [-0.39, 0.29) is 6.04 Å². The molecule has 1 atom stereocenters. The number of nitrogens with one attached hydrogen (secondary N) is 2. The second kappa shape index (κ2) is 8.45. The number of rotatable bonds is 6. The lowest BCUT2D eigenvalue weighted by Gasteiger charge is -2.20. The molecular formula is C19H24N2O2S2. The number of thiocarbonyl (C=S) groups is 1. The van der Waals surface area contributed by atoms with Crippen molar-refractivity contribution in [1.29, 1.82) is 0 Å². The molecule has 2 rings (SSSR count). The van der Waals surface area contributed by atoms with Gasteiger partial charge in [0.05, 0.1) is 10.9 Å². The second-order valence-corrected chi connectivity index (χ2v) is 8.37. The van der Waals surface area contributed by atoms with Gasteiger partial charge in [0.1, 0.15) is 0 Å². The molecule has 4 nitrogen and oxygen atoms in total.